The SMILES string of the molecule is C=CC(C)(C)c1cc(N)c(C(=C)CC)cc1N(C)C1CC1. The maximum Gasteiger partial charge on any atom is 0.0415 e. The fourth-order valence-electron chi connectivity index (χ4n) is 2.68. The molecule has 0 unspecified atom stereocenters. The molecule has 0 bridgehead atoms. The van der Waals surface area contributed by atoms with Gasteiger partial charge < -0.3 is 10.6 Å². The van der Waals surface area contributed by atoms with E-state index in [1.807, 2.05) is 6.08 Å². The second-order valence-electron chi connectivity index (χ2n) is 6.68. The standard InChI is InChI=1S/C19H28N2/c1-7-13(3)15-11-18(21(6)14-9-10-14)16(12-17(15)20)19(4,5)8-2/h8,11-12,14H,2-3,7,9-10,20H2,1,4-6H3. The van der Waals surface area contributed by atoms with Crippen molar-refractivity contribution in [3.63, 3.8) is 0 Å². The van der Waals surface area contributed by atoms with E-state index in [-0.39, 0.29) is 5.41 Å². The molecule has 2 rings (SSSR count). The quantitative estimate of drug-likeness (QED) is 0.603. The average molecular weight is 284 g/mol. The summed E-state index contributed by atoms with van der Waals surface area (Å²) < 4.78 is 0. The van der Waals surface area contributed by atoms with Crippen LogP contribution in [0.1, 0.15) is 51.2 Å². The van der Waals surface area contributed by atoms with Gasteiger partial charge in [-0.15, -0.1) is 6.58 Å². The van der Waals surface area contributed by atoms with Crippen molar-refractivity contribution in [2.75, 3.05) is 17.7 Å². The van der Waals surface area contributed by atoms with Crippen molar-refractivity contribution in [2.45, 2.75) is 51.5 Å². The summed E-state index contributed by atoms with van der Waals surface area (Å²) in [7, 11) is 2.18. The van der Waals surface area contributed by atoms with Crippen LogP contribution < -0.4 is 10.6 Å². The molecule has 0 spiro atoms. The number of nitrogen functional groups attached to an aromatic ring is 1. The first-order valence-corrected chi connectivity index (χ1v) is 7.80. The van der Waals surface area contributed by atoms with E-state index in [4.69, 9.17) is 5.73 Å². The number of nitrogens with two attached hydrogens (primary N) is 1. The van der Waals surface area contributed by atoms with Crippen LogP contribution in [0, 0.1) is 0 Å². The number of allylic oxidation sites excluding steroid dienone is 2. The summed E-state index contributed by atoms with van der Waals surface area (Å²) in [6.07, 6.45) is 5.47. The Balaban J connectivity index is 2.60. The molecule has 1 aliphatic carbocycles. The Morgan fingerprint density at radius 2 is 2.05 bits per heavy atom. The van der Waals surface area contributed by atoms with E-state index in [1.54, 1.807) is 0 Å². The molecule has 0 heterocycles. The minimum absolute atomic E-state index is 0.0985. The topological polar surface area (TPSA) is 29.3 Å². The van der Waals surface area contributed by atoms with Gasteiger partial charge in [-0.25, -0.2) is 0 Å². The fraction of sp³-hybridized carbons (Fsp3) is 0.474. The summed E-state index contributed by atoms with van der Waals surface area (Å²) >= 11 is 0. The van der Waals surface area contributed by atoms with Crippen molar-refractivity contribution >= 4 is 16.9 Å². The molecule has 0 amide bonds. The van der Waals surface area contributed by atoms with Crippen molar-refractivity contribution in [1.82, 2.24) is 0 Å². The molecule has 0 aromatic heterocycles. The zero-order valence-corrected chi connectivity index (χ0v) is 13.9. The molecule has 1 aromatic rings. The van der Waals surface area contributed by atoms with E-state index in [0.29, 0.717) is 6.04 Å². The van der Waals surface area contributed by atoms with Crippen LogP contribution >= 0.6 is 0 Å². The number of hydrogen-bond donors (Lipinski definition) is 1. The minimum atomic E-state index is -0.0985. The lowest BCUT2D eigenvalue weighted by Gasteiger charge is -2.31. The third-order valence-corrected chi connectivity index (χ3v) is 4.65. The van der Waals surface area contributed by atoms with E-state index < -0.39 is 0 Å². The maximum atomic E-state index is 6.30. The van der Waals surface area contributed by atoms with Gasteiger partial charge in [0.25, 0.3) is 0 Å². The highest BCUT2D eigenvalue weighted by Crippen LogP contribution is 2.41. The second-order valence-corrected chi connectivity index (χ2v) is 6.68. The summed E-state index contributed by atoms with van der Waals surface area (Å²) in [6, 6.07) is 5.00. The first kappa shape index (κ1) is 15.7. The predicted molar refractivity (Wildman–Crippen MR) is 94.8 cm³/mol. The zero-order valence-electron chi connectivity index (χ0n) is 13.9. The molecule has 1 fully saturated rings. The molecule has 1 saturated carbocycles. The molecule has 2 heteroatoms. The lowest BCUT2D eigenvalue weighted by Crippen LogP contribution is -2.25. The largest absolute Gasteiger partial charge is 0.398 e. The van der Waals surface area contributed by atoms with Crippen LogP contribution in [0.5, 0.6) is 0 Å². The maximum absolute atomic E-state index is 6.30. The number of benzene rings is 1. The zero-order chi connectivity index (χ0) is 15.8. The highest BCUT2D eigenvalue weighted by molar-refractivity contribution is 5.79. The summed E-state index contributed by atoms with van der Waals surface area (Å²) in [6.45, 7) is 14.6. The molecule has 1 aliphatic rings. The molecule has 0 radical (unpaired) electrons. The number of nitrogens with zero attached hydrogens (tertiary/aromatic N) is 1. The Labute approximate surface area is 129 Å². The van der Waals surface area contributed by atoms with Crippen LogP contribution in [0.25, 0.3) is 5.57 Å². The molecule has 2 nitrogen and oxygen atoms in total. The minimum Gasteiger partial charge on any atom is -0.398 e. The van der Waals surface area contributed by atoms with Gasteiger partial charge in [-0.1, -0.05) is 33.4 Å². The molecule has 0 aliphatic heterocycles. The van der Waals surface area contributed by atoms with Crippen molar-refractivity contribution in [1.29, 1.82) is 0 Å². The van der Waals surface area contributed by atoms with Crippen molar-refractivity contribution in [3.8, 4) is 0 Å². The van der Waals surface area contributed by atoms with Gasteiger partial charge in [0, 0.05) is 35.4 Å². The van der Waals surface area contributed by atoms with Gasteiger partial charge >= 0.3 is 0 Å². The number of hydrogen-bond acceptors (Lipinski definition) is 2. The Bertz CT molecular complexity index is 565. The van der Waals surface area contributed by atoms with Crippen LogP contribution in [0.15, 0.2) is 31.4 Å². The van der Waals surface area contributed by atoms with Gasteiger partial charge in [0.2, 0.25) is 0 Å². The van der Waals surface area contributed by atoms with Crippen molar-refractivity contribution < 1.29 is 0 Å². The van der Waals surface area contributed by atoms with Crippen LogP contribution in [0.2, 0.25) is 0 Å². The highest BCUT2D eigenvalue weighted by Gasteiger charge is 2.31. The van der Waals surface area contributed by atoms with E-state index in [1.165, 1.54) is 24.1 Å². The molecule has 0 saturated heterocycles. The van der Waals surface area contributed by atoms with E-state index in [0.717, 1.165) is 23.2 Å². The van der Waals surface area contributed by atoms with Crippen molar-refractivity contribution in [2.24, 2.45) is 0 Å². The smallest absolute Gasteiger partial charge is 0.0415 e. The van der Waals surface area contributed by atoms with E-state index >= 15 is 0 Å². The third-order valence-electron chi connectivity index (χ3n) is 4.65. The third kappa shape index (κ3) is 2.99. The molecule has 21 heavy (non-hydrogen) atoms. The molecular formula is C19H28N2. The van der Waals surface area contributed by atoms with Crippen LogP contribution in [0.4, 0.5) is 11.4 Å². The lowest BCUT2D eigenvalue weighted by atomic mass is 9.81. The van der Waals surface area contributed by atoms with Gasteiger partial charge in [-0.3, -0.25) is 0 Å². The molecule has 114 valence electrons. The van der Waals surface area contributed by atoms with Gasteiger partial charge in [0.1, 0.15) is 0 Å². The van der Waals surface area contributed by atoms with Gasteiger partial charge in [0.15, 0.2) is 0 Å². The summed E-state index contributed by atoms with van der Waals surface area (Å²) in [5.74, 6) is 0. The molecular weight excluding hydrogens is 256 g/mol. The first-order valence-electron chi connectivity index (χ1n) is 7.80. The van der Waals surface area contributed by atoms with E-state index in [9.17, 15) is 0 Å². The highest BCUT2D eigenvalue weighted by atomic mass is 15.2. The summed E-state index contributed by atoms with van der Waals surface area (Å²) in [5.41, 5.74) is 11.7. The molecule has 2 N–H and O–H groups in total. The van der Waals surface area contributed by atoms with Crippen LogP contribution in [-0.4, -0.2) is 13.1 Å². The molecule has 0 atom stereocenters. The lowest BCUT2D eigenvalue weighted by molar-refractivity contribution is 0.667. The Morgan fingerprint density at radius 1 is 1.43 bits per heavy atom. The first-order chi connectivity index (χ1) is 9.81. The van der Waals surface area contributed by atoms with Crippen LogP contribution in [0.3, 0.4) is 0 Å². The second kappa shape index (κ2) is 5.59. The predicted octanol–water partition coefficient (Wildman–Crippen LogP) is 4.75. The average Bonchev–Trinajstić information content (AvgIpc) is 3.30. The Hall–Kier alpha value is -1.70. The Kier molecular flexibility index (Phi) is 4.18. The fourth-order valence-corrected chi connectivity index (χ4v) is 2.68. The van der Waals surface area contributed by atoms with Gasteiger partial charge in [0.05, 0.1) is 0 Å². The van der Waals surface area contributed by atoms with Crippen molar-refractivity contribution in [3.05, 3.63) is 42.5 Å². The van der Waals surface area contributed by atoms with Gasteiger partial charge in [-0.05, 0) is 42.5 Å². The normalized spacial score (nSPS) is 14.9. The number of anilines is 2. The van der Waals surface area contributed by atoms with E-state index in [2.05, 4.69) is 58.0 Å². The number of rotatable bonds is 6. The summed E-state index contributed by atoms with van der Waals surface area (Å²) in [4.78, 5) is 2.40. The van der Waals surface area contributed by atoms with Gasteiger partial charge in [-0.2, -0.15) is 0 Å². The summed E-state index contributed by atoms with van der Waals surface area (Å²) in [5, 5.41) is 0. The Morgan fingerprint density at radius 3 is 2.52 bits per heavy atom. The van der Waals surface area contributed by atoms with Crippen LogP contribution in [-0.2, 0) is 5.41 Å². The molecule has 1 aromatic carbocycles. The monoisotopic (exact) mass is 284 g/mol.